The third-order valence-electron chi connectivity index (χ3n) is 1.71. The lowest BCUT2D eigenvalue weighted by atomic mass is 10.2. The average Bonchev–Trinajstić information content (AvgIpc) is 2.13. The number of methoxy groups -OCH3 is 1. The molecular weight excluding hydrogens is 168 g/mol. The van der Waals surface area contributed by atoms with E-state index in [4.69, 9.17) is 10.5 Å². The number of carbonyl (C=O) groups is 1. The van der Waals surface area contributed by atoms with Crippen molar-refractivity contribution in [3.8, 4) is 0 Å². The molecule has 0 atom stereocenters. The number of unbranched alkanes of at least 4 members (excludes halogenated alkanes) is 1. The molecule has 0 fully saturated rings. The van der Waals surface area contributed by atoms with Gasteiger partial charge in [-0.25, -0.2) is 0 Å². The van der Waals surface area contributed by atoms with Gasteiger partial charge in [0.2, 0.25) is 5.91 Å². The Hall–Kier alpha value is -0.610. The molecule has 4 heteroatoms. The molecule has 0 aliphatic carbocycles. The monoisotopic (exact) mass is 188 g/mol. The van der Waals surface area contributed by atoms with E-state index in [0.29, 0.717) is 26.1 Å². The van der Waals surface area contributed by atoms with Crippen molar-refractivity contribution < 1.29 is 9.53 Å². The van der Waals surface area contributed by atoms with Gasteiger partial charge in [0.05, 0.1) is 0 Å². The highest BCUT2D eigenvalue weighted by Crippen LogP contribution is 1.92. The number of carbonyl (C=O) groups excluding carboxylic acids is 1. The highest BCUT2D eigenvalue weighted by Gasteiger charge is 1.98. The van der Waals surface area contributed by atoms with Crippen molar-refractivity contribution in [2.45, 2.75) is 25.7 Å². The van der Waals surface area contributed by atoms with Crippen molar-refractivity contribution in [1.82, 2.24) is 5.32 Å². The number of hydrogen-bond acceptors (Lipinski definition) is 3. The lowest BCUT2D eigenvalue weighted by Gasteiger charge is -2.03. The smallest absolute Gasteiger partial charge is 0.219 e. The fraction of sp³-hybridized carbons (Fsp3) is 0.889. The van der Waals surface area contributed by atoms with Gasteiger partial charge in [-0.2, -0.15) is 0 Å². The molecule has 0 saturated heterocycles. The number of hydrogen-bond donors (Lipinski definition) is 2. The largest absolute Gasteiger partial charge is 0.385 e. The van der Waals surface area contributed by atoms with Crippen LogP contribution in [0.1, 0.15) is 25.7 Å². The first-order chi connectivity index (χ1) is 6.31. The lowest BCUT2D eigenvalue weighted by molar-refractivity contribution is -0.121. The predicted molar refractivity (Wildman–Crippen MR) is 52.4 cm³/mol. The zero-order valence-corrected chi connectivity index (χ0v) is 8.34. The van der Waals surface area contributed by atoms with Crippen LogP contribution in [0.5, 0.6) is 0 Å². The summed E-state index contributed by atoms with van der Waals surface area (Å²) >= 11 is 0. The van der Waals surface area contributed by atoms with E-state index in [9.17, 15) is 4.79 Å². The second kappa shape index (κ2) is 9.48. The molecule has 0 aliphatic heterocycles. The first-order valence-corrected chi connectivity index (χ1v) is 4.77. The summed E-state index contributed by atoms with van der Waals surface area (Å²) in [5.41, 5.74) is 5.31. The molecule has 0 aliphatic rings. The van der Waals surface area contributed by atoms with E-state index in [1.54, 1.807) is 7.11 Å². The SMILES string of the molecule is COCCCNC(=O)CCCCN. The molecule has 0 radical (unpaired) electrons. The molecule has 4 nitrogen and oxygen atoms in total. The summed E-state index contributed by atoms with van der Waals surface area (Å²) in [5, 5.41) is 2.82. The molecule has 0 aromatic carbocycles. The highest BCUT2D eigenvalue weighted by molar-refractivity contribution is 5.75. The van der Waals surface area contributed by atoms with Gasteiger partial charge in [-0.1, -0.05) is 0 Å². The van der Waals surface area contributed by atoms with Crippen LogP contribution in [0.4, 0.5) is 0 Å². The summed E-state index contributed by atoms with van der Waals surface area (Å²) in [5.74, 6) is 0.115. The van der Waals surface area contributed by atoms with Crippen LogP contribution in [0.25, 0.3) is 0 Å². The van der Waals surface area contributed by atoms with Gasteiger partial charge in [-0.15, -0.1) is 0 Å². The van der Waals surface area contributed by atoms with E-state index in [1.807, 2.05) is 0 Å². The van der Waals surface area contributed by atoms with E-state index in [2.05, 4.69) is 5.32 Å². The standard InChI is InChI=1S/C9H20N2O2/c1-13-8-4-7-11-9(12)5-2-3-6-10/h2-8,10H2,1H3,(H,11,12). The maximum atomic E-state index is 11.1. The quantitative estimate of drug-likeness (QED) is 0.537. The van der Waals surface area contributed by atoms with Crippen LogP contribution in [0.3, 0.4) is 0 Å². The van der Waals surface area contributed by atoms with Gasteiger partial charge in [0.15, 0.2) is 0 Å². The van der Waals surface area contributed by atoms with Gasteiger partial charge in [0, 0.05) is 26.7 Å². The zero-order chi connectivity index (χ0) is 9.94. The Morgan fingerprint density at radius 2 is 2.15 bits per heavy atom. The Kier molecular flexibility index (Phi) is 9.03. The molecule has 0 spiro atoms. The molecule has 0 heterocycles. The fourth-order valence-corrected chi connectivity index (χ4v) is 0.963. The van der Waals surface area contributed by atoms with Crippen LogP contribution in [0.15, 0.2) is 0 Å². The van der Waals surface area contributed by atoms with Crippen molar-refractivity contribution in [3.05, 3.63) is 0 Å². The second-order valence-electron chi connectivity index (χ2n) is 2.94. The summed E-state index contributed by atoms with van der Waals surface area (Å²) in [7, 11) is 1.66. The Morgan fingerprint density at radius 3 is 2.77 bits per heavy atom. The maximum absolute atomic E-state index is 11.1. The first-order valence-electron chi connectivity index (χ1n) is 4.77. The Labute approximate surface area is 79.8 Å². The van der Waals surface area contributed by atoms with Crippen LogP contribution in [0.2, 0.25) is 0 Å². The van der Waals surface area contributed by atoms with E-state index in [1.165, 1.54) is 0 Å². The van der Waals surface area contributed by atoms with Crippen molar-refractivity contribution >= 4 is 5.91 Å². The van der Waals surface area contributed by atoms with Crippen LogP contribution < -0.4 is 11.1 Å². The number of ether oxygens (including phenoxy) is 1. The molecule has 13 heavy (non-hydrogen) atoms. The van der Waals surface area contributed by atoms with Crippen molar-refractivity contribution in [3.63, 3.8) is 0 Å². The molecule has 0 aromatic rings. The number of nitrogens with one attached hydrogen (secondary N) is 1. The van der Waals surface area contributed by atoms with E-state index in [0.717, 1.165) is 19.3 Å². The Bertz CT molecular complexity index is 129. The van der Waals surface area contributed by atoms with Gasteiger partial charge in [0.25, 0.3) is 0 Å². The predicted octanol–water partition coefficient (Wildman–Crippen LogP) is 0.268. The molecule has 0 unspecified atom stereocenters. The molecule has 0 rings (SSSR count). The summed E-state index contributed by atoms with van der Waals surface area (Å²) in [6, 6.07) is 0. The summed E-state index contributed by atoms with van der Waals surface area (Å²) in [6.45, 7) is 2.06. The zero-order valence-electron chi connectivity index (χ0n) is 8.34. The van der Waals surface area contributed by atoms with Crippen molar-refractivity contribution in [2.75, 3.05) is 26.8 Å². The van der Waals surface area contributed by atoms with Crippen molar-refractivity contribution in [1.29, 1.82) is 0 Å². The molecule has 0 saturated carbocycles. The van der Waals surface area contributed by atoms with E-state index >= 15 is 0 Å². The Morgan fingerprint density at radius 1 is 1.38 bits per heavy atom. The summed E-state index contributed by atoms with van der Waals surface area (Å²) in [6.07, 6.45) is 3.27. The molecule has 3 N–H and O–H groups in total. The third-order valence-corrected chi connectivity index (χ3v) is 1.71. The Balaban J connectivity index is 3.11. The molecule has 1 amide bonds. The number of rotatable bonds is 8. The number of amides is 1. The van der Waals surface area contributed by atoms with Gasteiger partial charge in [0.1, 0.15) is 0 Å². The highest BCUT2D eigenvalue weighted by atomic mass is 16.5. The molecule has 78 valence electrons. The molecular formula is C9H20N2O2. The average molecular weight is 188 g/mol. The fourth-order valence-electron chi connectivity index (χ4n) is 0.963. The summed E-state index contributed by atoms with van der Waals surface area (Å²) < 4.78 is 4.85. The van der Waals surface area contributed by atoms with Crippen LogP contribution >= 0.6 is 0 Å². The third kappa shape index (κ3) is 9.30. The second-order valence-corrected chi connectivity index (χ2v) is 2.94. The van der Waals surface area contributed by atoms with E-state index in [-0.39, 0.29) is 5.91 Å². The van der Waals surface area contributed by atoms with E-state index < -0.39 is 0 Å². The maximum Gasteiger partial charge on any atom is 0.219 e. The van der Waals surface area contributed by atoms with Gasteiger partial charge >= 0.3 is 0 Å². The molecule has 0 aromatic heterocycles. The van der Waals surface area contributed by atoms with Crippen LogP contribution in [-0.2, 0) is 9.53 Å². The molecule has 0 bridgehead atoms. The minimum atomic E-state index is 0.115. The minimum absolute atomic E-state index is 0.115. The van der Waals surface area contributed by atoms with Crippen molar-refractivity contribution in [2.24, 2.45) is 5.73 Å². The number of nitrogens with two attached hydrogens (primary N) is 1. The normalized spacial score (nSPS) is 10.0. The van der Waals surface area contributed by atoms with Crippen LogP contribution in [0, 0.1) is 0 Å². The lowest BCUT2D eigenvalue weighted by Crippen LogP contribution is -2.24. The first kappa shape index (κ1) is 12.4. The minimum Gasteiger partial charge on any atom is -0.385 e. The van der Waals surface area contributed by atoms with Crippen LogP contribution in [-0.4, -0.2) is 32.7 Å². The summed E-state index contributed by atoms with van der Waals surface area (Å²) in [4.78, 5) is 11.1. The van der Waals surface area contributed by atoms with Gasteiger partial charge < -0.3 is 15.8 Å². The van der Waals surface area contributed by atoms with Gasteiger partial charge in [-0.3, -0.25) is 4.79 Å². The van der Waals surface area contributed by atoms with Gasteiger partial charge in [-0.05, 0) is 25.8 Å². The topological polar surface area (TPSA) is 64.3 Å².